The Hall–Kier alpha value is -1.58. The molecular formula is C16H19ClN2O. The Labute approximate surface area is 124 Å². The zero-order valence-corrected chi connectivity index (χ0v) is 12.4. The lowest BCUT2D eigenvalue weighted by Gasteiger charge is -2.12. The number of ether oxygens (including phenoxy) is 1. The van der Waals surface area contributed by atoms with Gasteiger partial charge in [-0.1, -0.05) is 18.5 Å². The van der Waals surface area contributed by atoms with Crippen LogP contribution in [-0.4, -0.2) is 11.6 Å². The molecule has 0 radical (unpaired) electrons. The summed E-state index contributed by atoms with van der Waals surface area (Å²) < 4.78 is 5.74. The van der Waals surface area contributed by atoms with Gasteiger partial charge in [0.1, 0.15) is 5.75 Å². The molecule has 2 aromatic rings. The first-order valence-electron chi connectivity index (χ1n) is 6.80. The van der Waals surface area contributed by atoms with Crippen LogP contribution in [0.3, 0.4) is 0 Å². The molecule has 0 unspecified atom stereocenters. The molecule has 0 fully saturated rings. The second-order valence-electron chi connectivity index (χ2n) is 4.56. The van der Waals surface area contributed by atoms with Crippen LogP contribution < -0.4 is 10.1 Å². The van der Waals surface area contributed by atoms with E-state index in [9.17, 15) is 0 Å². The molecule has 1 heterocycles. The van der Waals surface area contributed by atoms with Gasteiger partial charge < -0.3 is 10.1 Å². The fourth-order valence-electron chi connectivity index (χ4n) is 1.88. The minimum atomic E-state index is 0.721. The van der Waals surface area contributed by atoms with Crippen LogP contribution in [0.1, 0.15) is 24.5 Å². The lowest BCUT2D eigenvalue weighted by atomic mass is 10.2. The molecule has 0 aliphatic carbocycles. The van der Waals surface area contributed by atoms with Crippen LogP contribution in [0, 0.1) is 0 Å². The normalized spacial score (nSPS) is 10.5. The van der Waals surface area contributed by atoms with Gasteiger partial charge in [0.25, 0.3) is 0 Å². The van der Waals surface area contributed by atoms with Crippen molar-refractivity contribution in [3.63, 3.8) is 0 Å². The number of hydrogen-bond acceptors (Lipinski definition) is 3. The van der Waals surface area contributed by atoms with E-state index in [1.807, 2.05) is 30.3 Å². The van der Waals surface area contributed by atoms with Crippen LogP contribution in [0.2, 0.25) is 5.02 Å². The van der Waals surface area contributed by atoms with E-state index in [1.54, 1.807) is 12.4 Å². The van der Waals surface area contributed by atoms with E-state index < -0.39 is 0 Å². The zero-order chi connectivity index (χ0) is 14.2. The lowest BCUT2D eigenvalue weighted by molar-refractivity contribution is 0.313. The highest BCUT2D eigenvalue weighted by molar-refractivity contribution is 6.30. The summed E-state index contributed by atoms with van der Waals surface area (Å²) in [6.45, 7) is 4.33. The molecule has 0 saturated carbocycles. The molecule has 0 aliphatic rings. The van der Waals surface area contributed by atoms with E-state index in [4.69, 9.17) is 16.3 Å². The Morgan fingerprint density at radius 2 is 1.95 bits per heavy atom. The summed E-state index contributed by atoms with van der Waals surface area (Å²) in [5.74, 6) is 0.901. The molecule has 0 amide bonds. The number of hydrogen-bond donors (Lipinski definition) is 1. The topological polar surface area (TPSA) is 34.1 Å². The van der Waals surface area contributed by atoms with Gasteiger partial charge in [-0.05, 0) is 42.3 Å². The summed E-state index contributed by atoms with van der Waals surface area (Å²) in [7, 11) is 0. The highest BCUT2D eigenvalue weighted by Crippen LogP contribution is 2.23. The first kappa shape index (κ1) is 14.8. The van der Waals surface area contributed by atoms with E-state index in [-0.39, 0.29) is 0 Å². The number of benzene rings is 1. The number of rotatable bonds is 7. The summed E-state index contributed by atoms with van der Waals surface area (Å²) in [5, 5.41) is 4.13. The average Bonchev–Trinajstić information content (AvgIpc) is 2.47. The SMILES string of the molecule is CCCOc1ccc(Cl)cc1CNCc1ccncc1. The zero-order valence-electron chi connectivity index (χ0n) is 11.6. The highest BCUT2D eigenvalue weighted by Gasteiger charge is 2.04. The van der Waals surface area contributed by atoms with Crippen molar-refractivity contribution in [3.05, 3.63) is 58.9 Å². The van der Waals surface area contributed by atoms with Crippen LogP contribution in [0.25, 0.3) is 0 Å². The van der Waals surface area contributed by atoms with Gasteiger partial charge in [-0.3, -0.25) is 4.98 Å². The van der Waals surface area contributed by atoms with E-state index in [0.29, 0.717) is 0 Å². The molecule has 1 aromatic heterocycles. The monoisotopic (exact) mass is 290 g/mol. The minimum absolute atomic E-state index is 0.721. The van der Waals surface area contributed by atoms with E-state index >= 15 is 0 Å². The fraction of sp³-hybridized carbons (Fsp3) is 0.312. The maximum atomic E-state index is 6.06. The van der Waals surface area contributed by atoms with Crippen molar-refractivity contribution >= 4 is 11.6 Å². The standard InChI is InChI=1S/C16H19ClN2O/c1-2-9-20-16-4-3-15(17)10-14(16)12-19-11-13-5-7-18-8-6-13/h3-8,10,19H,2,9,11-12H2,1H3. The number of aromatic nitrogens is 1. The minimum Gasteiger partial charge on any atom is -0.493 e. The molecule has 2 rings (SSSR count). The van der Waals surface area contributed by atoms with Gasteiger partial charge in [0.2, 0.25) is 0 Å². The number of nitrogens with one attached hydrogen (secondary N) is 1. The van der Waals surface area contributed by atoms with Gasteiger partial charge in [-0.2, -0.15) is 0 Å². The van der Waals surface area contributed by atoms with E-state index in [0.717, 1.165) is 42.5 Å². The average molecular weight is 291 g/mol. The van der Waals surface area contributed by atoms with Crippen molar-refractivity contribution in [2.45, 2.75) is 26.4 Å². The number of halogens is 1. The molecule has 0 bridgehead atoms. The van der Waals surface area contributed by atoms with Gasteiger partial charge in [0.15, 0.2) is 0 Å². The number of pyridine rings is 1. The maximum absolute atomic E-state index is 6.06. The first-order valence-corrected chi connectivity index (χ1v) is 7.18. The molecule has 20 heavy (non-hydrogen) atoms. The maximum Gasteiger partial charge on any atom is 0.123 e. The molecule has 1 aromatic carbocycles. The highest BCUT2D eigenvalue weighted by atomic mass is 35.5. The summed E-state index contributed by atoms with van der Waals surface area (Å²) in [4.78, 5) is 4.01. The summed E-state index contributed by atoms with van der Waals surface area (Å²) in [5.41, 5.74) is 2.29. The van der Waals surface area contributed by atoms with Crippen molar-refractivity contribution in [2.24, 2.45) is 0 Å². The third-order valence-electron chi connectivity index (χ3n) is 2.88. The molecule has 0 atom stereocenters. The second-order valence-corrected chi connectivity index (χ2v) is 5.00. The second kappa shape index (κ2) is 7.88. The molecule has 0 saturated heterocycles. The quantitative estimate of drug-likeness (QED) is 0.842. The van der Waals surface area contributed by atoms with Crippen molar-refractivity contribution in [2.75, 3.05) is 6.61 Å². The van der Waals surface area contributed by atoms with E-state index in [1.165, 1.54) is 5.56 Å². The van der Waals surface area contributed by atoms with Crippen LogP contribution in [0.5, 0.6) is 5.75 Å². The van der Waals surface area contributed by atoms with Crippen molar-refractivity contribution < 1.29 is 4.74 Å². The smallest absolute Gasteiger partial charge is 0.123 e. The van der Waals surface area contributed by atoms with Crippen molar-refractivity contribution in [1.29, 1.82) is 0 Å². The Morgan fingerprint density at radius 3 is 2.70 bits per heavy atom. The van der Waals surface area contributed by atoms with Crippen LogP contribution in [-0.2, 0) is 13.1 Å². The lowest BCUT2D eigenvalue weighted by Crippen LogP contribution is -2.13. The van der Waals surface area contributed by atoms with Crippen molar-refractivity contribution in [3.8, 4) is 5.75 Å². The largest absolute Gasteiger partial charge is 0.493 e. The summed E-state index contributed by atoms with van der Waals surface area (Å²) in [6.07, 6.45) is 4.59. The molecular weight excluding hydrogens is 272 g/mol. The molecule has 4 heteroatoms. The van der Waals surface area contributed by atoms with Gasteiger partial charge in [0, 0.05) is 36.1 Å². The van der Waals surface area contributed by atoms with E-state index in [2.05, 4.69) is 17.2 Å². The molecule has 106 valence electrons. The molecule has 0 aliphatic heterocycles. The summed E-state index contributed by atoms with van der Waals surface area (Å²) in [6, 6.07) is 9.74. The third kappa shape index (κ3) is 4.51. The van der Waals surface area contributed by atoms with Crippen LogP contribution in [0.4, 0.5) is 0 Å². The van der Waals surface area contributed by atoms with Gasteiger partial charge in [-0.15, -0.1) is 0 Å². The Bertz CT molecular complexity index is 531. The Morgan fingerprint density at radius 1 is 1.15 bits per heavy atom. The number of nitrogens with zero attached hydrogens (tertiary/aromatic N) is 1. The molecule has 3 nitrogen and oxygen atoms in total. The molecule has 1 N–H and O–H groups in total. The fourth-order valence-corrected chi connectivity index (χ4v) is 2.08. The Kier molecular flexibility index (Phi) is 5.84. The van der Waals surface area contributed by atoms with Crippen molar-refractivity contribution in [1.82, 2.24) is 10.3 Å². The van der Waals surface area contributed by atoms with Gasteiger partial charge in [-0.25, -0.2) is 0 Å². The van der Waals surface area contributed by atoms with Gasteiger partial charge in [0.05, 0.1) is 6.61 Å². The Balaban J connectivity index is 1.95. The summed E-state index contributed by atoms with van der Waals surface area (Å²) >= 11 is 6.06. The first-order chi connectivity index (χ1) is 9.79. The predicted molar refractivity (Wildman–Crippen MR) is 82.0 cm³/mol. The molecule has 0 spiro atoms. The predicted octanol–water partition coefficient (Wildman–Crippen LogP) is 3.81. The van der Waals surface area contributed by atoms with Gasteiger partial charge >= 0.3 is 0 Å². The van der Waals surface area contributed by atoms with Crippen LogP contribution >= 0.6 is 11.6 Å². The third-order valence-corrected chi connectivity index (χ3v) is 3.11. The van der Waals surface area contributed by atoms with Crippen LogP contribution in [0.15, 0.2) is 42.7 Å².